The first-order valence-corrected chi connectivity index (χ1v) is 6.32. The summed E-state index contributed by atoms with van der Waals surface area (Å²) < 4.78 is 27.3. The van der Waals surface area contributed by atoms with Gasteiger partial charge >= 0.3 is 0 Å². The molecule has 2 aromatic rings. The number of hydrogen-bond donors (Lipinski definition) is 0. The van der Waals surface area contributed by atoms with Crippen LogP contribution in [0.2, 0.25) is 0 Å². The molecular weight excluding hydrogens is 278 g/mol. The van der Waals surface area contributed by atoms with Gasteiger partial charge in [-0.1, -0.05) is 18.2 Å². The topological polar surface area (TPSA) is 46.4 Å². The number of anilines is 1. The first-order valence-electron chi connectivity index (χ1n) is 6.32. The van der Waals surface area contributed by atoms with E-state index in [1.165, 1.54) is 18.2 Å². The summed E-state index contributed by atoms with van der Waals surface area (Å²) >= 11 is 0. The number of hydrogen-bond acceptors (Lipinski definition) is 3. The van der Waals surface area contributed by atoms with Crippen molar-refractivity contribution in [2.75, 3.05) is 11.9 Å². The predicted molar refractivity (Wildman–Crippen MR) is 76.3 cm³/mol. The van der Waals surface area contributed by atoms with E-state index in [0.717, 1.165) is 6.07 Å². The van der Waals surface area contributed by atoms with Crippen molar-refractivity contribution in [3.05, 3.63) is 69.8 Å². The molecule has 0 N–H and O–H groups in total. The number of halogens is 2. The Hall–Kier alpha value is -2.50. The van der Waals surface area contributed by atoms with Crippen LogP contribution in [0, 0.1) is 21.7 Å². The minimum absolute atomic E-state index is 0.317. The molecule has 0 fully saturated rings. The lowest BCUT2D eigenvalue weighted by Gasteiger charge is -2.27. The van der Waals surface area contributed by atoms with Crippen LogP contribution in [0.1, 0.15) is 18.5 Å². The second-order valence-electron chi connectivity index (χ2n) is 4.73. The molecule has 0 radical (unpaired) electrons. The fourth-order valence-electron chi connectivity index (χ4n) is 2.11. The average molecular weight is 292 g/mol. The van der Waals surface area contributed by atoms with Gasteiger partial charge in [-0.15, -0.1) is 0 Å². The predicted octanol–water partition coefficient (Wildman–Crippen LogP) is 4.07. The Morgan fingerprint density at radius 3 is 2.48 bits per heavy atom. The highest BCUT2D eigenvalue weighted by atomic mass is 19.1. The molecular formula is C15H14F2N2O2. The highest BCUT2D eigenvalue weighted by Crippen LogP contribution is 2.30. The van der Waals surface area contributed by atoms with Crippen LogP contribution in [0.15, 0.2) is 42.5 Å². The third-order valence-electron chi connectivity index (χ3n) is 3.42. The van der Waals surface area contributed by atoms with Crippen molar-refractivity contribution in [2.45, 2.75) is 13.0 Å². The fourth-order valence-corrected chi connectivity index (χ4v) is 2.11. The summed E-state index contributed by atoms with van der Waals surface area (Å²) in [4.78, 5) is 11.7. The monoisotopic (exact) mass is 292 g/mol. The van der Waals surface area contributed by atoms with Gasteiger partial charge in [0.15, 0.2) is 0 Å². The average Bonchev–Trinajstić information content (AvgIpc) is 2.45. The molecule has 0 amide bonds. The number of nitro benzene ring substituents is 1. The number of rotatable bonds is 4. The number of non-ortho nitro benzene ring substituents is 1. The lowest BCUT2D eigenvalue weighted by molar-refractivity contribution is -0.385. The molecule has 0 aliphatic heterocycles. The van der Waals surface area contributed by atoms with Crippen molar-refractivity contribution in [2.24, 2.45) is 0 Å². The lowest BCUT2D eigenvalue weighted by atomic mass is 10.1. The fraction of sp³-hybridized carbons (Fsp3) is 0.200. The SMILES string of the molecule is CC(c1ccccc1F)N(C)c1cc(F)cc([N+](=O)[O-])c1. The Labute approximate surface area is 120 Å². The molecule has 0 bridgehead atoms. The first kappa shape index (κ1) is 14.9. The van der Waals surface area contributed by atoms with Crippen LogP contribution in [-0.2, 0) is 0 Å². The van der Waals surface area contributed by atoms with Gasteiger partial charge in [0.2, 0.25) is 0 Å². The smallest absolute Gasteiger partial charge is 0.274 e. The van der Waals surface area contributed by atoms with Gasteiger partial charge in [0.05, 0.1) is 17.0 Å². The van der Waals surface area contributed by atoms with Crippen LogP contribution in [0.5, 0.6) is 0 Å². The van der Waals surface area contributed by atoms with E-state index in [2.05, 4.69) is 0 Å². The highest BCUT2D eigenvalue weighted by molar-refractivity contribution is 5.54. The second kappa shape index (κ2) is 5.87. The molecule has 110 valence electrons. The van der Waals surface area contributed by atoms with E-state index in [1.807, 2.05) is 0 Å². The molecule has 6 heteroatoms. The van der Waals surface area contributed by atoms with Crippen molar-refractivity contribution < 1.29 is 13.7 Å². The number of nitrogens with zero attached hydrogens (tertiary/aromatic N) is 2. The van der Waals surface area contributed by atoms with E-state index in [-0.39, 0.29) is 11.5 Å². The molecule has 2 rings (SSSR count). The zero-order chi connectivity index (χ0) is 15.6. The van der Waals surface area contributed by atoms with Gasteiger partial charge in [-0.05, 0) is 19.1 Å². The Morgan fingerprint density at radius 1 is 1.19 bits per heavy atom. The zero-order valence-corrected chi connectivity index (χ0v) is 11.6. The minimum atomic E-state index is -0.702. The molecule has 0 aromatic heterocycles. The zero-order valence-electron chi connectivity index (χ0n) is 11.6. The molecule has 0 aliphatic carbocycles. The van der Waals surface area contributed by atoms with E-state index in [0.29, 0.717) is 11.3 Å². The van der Waals surface area contributed by atoms with Gasteiger partial charge in [0.1, 0.15) is 11.6 Å². The van der Waals surface area contributed by atoms with Crippen molar-refractivity contribution >= 4 is 11.4 Å². The van der Waals surface area contributed by atoms with Crippen LogP contribution >= 0.6 is 0 Å². The van der Waals surface area contributed by atoms with Crippen molar-refractivity contribution in [1.29, 1.82) is 0 Å². The van der Waals surface area contributed by atoms with Crippen LogP contribution in [0.4, 0.5) is 20.2 Å². The van der Waals surface area contributed by atoms with Crippen LogP contribution in [-0.4, -0.2) is 12.0 Å². The largest absolute Gasteiger partial charge is 0.367 e. The molecule has 0 saturated carbocycles. The van der Waals surface area contributed by atoms with Gasteiger partial charge in [-0.2, -0.15) is 0 Å². The molecule has 2 aromatic carbocycles. The van der Waals surface area contributed by atoms with Gasteiger partial charge in [0.25, 0.3) is 5.69 Å². The van der Waals surface area contributed by atoms with E-state index in [9.17, 15) is 18.9 Å². The number of nitro groups is 1. The van der Waals surface area contributed by atoms with Gasteiger partial charge in [-0.25, -0.2) is 8.78 Å². The quantitative estimate of drug-likeness (QED) is 0.630. The summed E-state index contributed by atoms with van der Waals surface area (Å²) in [7, 11) is 1.63. The molecule has 1 atom stereocenters. The van der Waals surface area contributed by atoms with Gasteiger partial charge < -0.3 is 4.90 Å². The minimum Gasteiger partial charge on any atom is -0.367 e. The highest BCUT2D eigenvalue weighted by Gasteiger charge is 2.19. The third kappa shape index (κ3) is 3.16. The molecule has 0 heterocycles. The molecule has 0 saturated heterocycles. The van der Waals surface area contributed by atoms with Crippen LogP contribution in [0.25, 0.3) is 0 Å². The van der Waals surface area contributed by atoms with Crippen molar-refractivity contribution in [3.63, 3.8) is 0 Å². The Balaban J connectivity index is 2.38. The maximum atomic E-state index is 13.8. The normalized spacial score (nSPS) is 12.0. The molecule has 4 nitrogen and oxygen atoms in total. The maximum absolute atomic E-state index is 13.8. The first-order chi connectivity index (χ1) is 9.90. The Kier molecular flexibility index (Phi) is 4.16. The van der Waals surface area contributed by atoms with Crippen LogP contribution < -0.4 is 4.90 Å². The van der Waals surface area contributed by atoms with E-state index < -0.39 is 16.8 Å². The summed E-state index contributed by atoms with van der Waals surface area (Å²) in [6.45, 7) is 1.75. The number of benzene rings is 2. The standard InChI is InChI=1S/C15H14F2N2O2/c1-10(14-5-3-4-6-15(14)17)18(2)12-7-11(16)8-13(9-12)19(20)21/h3-10H,1-2H3. The van der Waals surface area contributed by atoms with E-state index in [1.54, 1.807) is 37.1 Å². The Bertz CT molecular complexity index is 676. The van der Waals surface area contributed by atoms with Gasteiger partial charge in [-0.3, -0.25) is 10.1 Å². The summed E-state index contributed by atoms with van der Waals surface area (Å²) in [6, 6.07) is 9.16. The molecule has 0 spiro atoms. The third-order valence-corrected chi connectivity index (χ3v) is 3.42. The summed E-state index contributed by atoms with van der Waals surface area (Å²) in [5.41, 5.74) is 0.418. The maximum Gasteiger partial charge on any atom is 0.274 e. The molecule has 21 heavy (non-hydrogen) atoms. The van der Waals surface area contributed by atoms with Crippen molar-refractivity contribution in [1.82, 2.24) is 0 Å². The van der Waals surface area contributed by atoms with E-state index in [4.69, 9.17) is 0 Å². The molecule has 0 aliphatic rings. The summed E-state index contributed by atoms with van der Waals surface area (Å²) in [5, 5.41) is 10.8. The van der Waals surface area contributed by atoms with Crippen LogP contribution in [0.3, 0.4) is 0 Å². The molecule has 1 unspecified atom stereocenters. The Morgan fingerprint density at radius 2 is 1.86 bits per heavy atom. The van der Waals surface area contributed by atoms with Crippen molar-refractivity contribution in [3.8, 4) is 0 Å². The summed E-state index contributed by atoms with van der Waals surface area (Å²) in [5.74, 6) is -1.07. The summed E-state index contributed by atoms with van der Waals surface area (Å²) in [6.07, 6.45) is 0. The van der Waals surface area contributed by atoms with E-state index >= 15 is 0 Å². The van der Waals surface area contributed by atoms with Gasteiger partial charge in [0, 0.05) is 24.4 Å². The lowest BCUT2D eigenvalue weighted by Crippen LogP contribution is -2.22. The second-order valence-corrected chi connectivity index (χ2v) is 4.73.